The number of carbonyl (C=O) groups is 2. The molecule has 1 aromatic carbocycles. The van der Waals surface area contributed by atoms with Crippen LogP contribution in [0.2, 0.25) is 0 Å². The van der Waals surface area contributed by atoms with Crippen LogP contribution in [0.5, 0.6) is 0 Å². The van der Waals surface area contributed by atoms with E-state index >= 15 is 0 Å². The number of carbonyl (C=O) groups excluding carboxylic acids is 2. The summed E-state index contributed by atoms with van der Waals surface area (Å²) in [7, 11) is 0. The number of benzene rings is 1. The molecule has 0 bridgehead atoms. The van der Waals surface area contributed by atoms with Crippen LogP contribution in [0, 0.1) is 0 Å². The van der Waals surface area contributed by atoms with Crippen LogP contribution in [0.15, 0.2) is 53.5 Å². The highest BCUT2D eigenvalue weighted by Gasteiger charge is 2.18. The Kier molecular flexibility index (Phi) is 5.13. The van der Waals surface area contributed by atoms with Crippen molar-refractivity contribution in [3.05, 3.63) is 64.6 Å². The van der Waals surface area contributed by atoms with Crippen LogP contribution in [0.1, 0.15) is 12.0 Å². The Morgan fingerprint density at radius 2 is 1.68 bits per heavy atom. The molecule has 2 heterocycles. The van der Waals surface area contributed by atoms with E-state index < -0.39 is 5.91 Å². The molecule has 0 saturated carbocycles. The molecule has 1 aliphatic heterocycles. The third-order valence-corrected chi connectivity index (χ3v) is 4.10. The highest BCUT2D eigenvalue weighted by Crippen LogP contribution is 2.25. The normalized spacial score (nSPS) is 13.0. The molecule has 0 aliphatic carbocycles. The third-order valence-electron chi connectivity index (χ3n) is 4.10. The lowest BCUT2D eigenvalue weighted by Crippen LogP contribution is -2.48. The maximum absolute atomic E-state index is 12.1. The van der Waals surface area contributed by atoms with Crippen molar-refractivity contribution >= 4 is 17.5 Å². The maximum atomic E-state index is 12.1. The number of pyridine rings is 1. The van der Waals surface area contributed by atoms with Crippen LogP contribution in [0.4, 0.5) is 5.69 Å². The number of amides is 2. The lowest BCUT2D eigenvalue weighted by molar-refractivity contribution is -0.128. The fraction of sp³-hybridized carbons (Fsp3) is 0.278. The average Bonchev–Trinajstić information content (AvgIpc) is 2.62. The first-order chi connectivity index (χ1) is 12.1. The van der Waals surface area contributed by atoms with E-state index in [0.717, 1.165) is 25.1 Å². The first-order valence-electron chi connectivity index (χ1n) is 8.19. The molecule has 0 radical (unpaired) electrons. The number of aryl methyl sites for hydroxylation is 1. The zero-order chi connectivity index (χ0) is 17.6. The summed E-state index contributed by atoms with van der Waals surface area (Å²) >= 11 is 0. The first-order valence-corrected chi connectivity index (χ1v) is 8.19. The molecule has 130 valence electrons. The van der Waals surface area contributed by atoms with E-state index in [4.69, 9.17) is 0 Å². The Labute approximate surface area is 145 Å². The van der Waals surface area contributed by atoms with Gasteiger partial charge in [-0.2, -0.15) is 0 Å². The fourth-order valence-corrected chi connectivity index (χ4v) is 2.91. The minimum atomic E-state index is -0.458. The summed E-state index contributed by atoms with van der Waals surface area (Å²) in [5, 5.41) is 0. The Bertz CT molecular complexity index is 831. The quantitative estimate of drug-likeness (QED) is 0.792. The molecule has 3 rings (SSSR count). The average molecular weight is 340 g/mol. The van der Waals surface area contributed by atoms with Crippen molar-refractivity contribution in [3.63, 3.8) is 0 Å². The van der Waals surface area contributed by atoms with Gasteiger partial charge in [-0.3, -0.25) is 25.2 Å². The Hall–Kier alpha value is -3.09. The molecule has 0 unspecified atom stereocenters. The van der Waals surface area contributed by atoms with Gasteiger partial charge in [-0.05, 0) is 30.5 Å². The summed E-state index contributed by atoms with van der Waals surface area (Å²) in [5.74, 6) is -0.758. The van der Waals surface area contributed by atoms with Gasteiger partial charge in [0, 0.05) is 24.5 Å². The van der Waals surface area contributed by atoms with Crippen LogP contribution in [-0.4, -0.2) is 29.5 Å². The number of nitrogens with zero attached hydrogens (tertiary/aromatic N) is 2. The molecule has 0 atom stereocenters. The number of aromatic nitrogens is 1. The second-order valence-electron chi connectivity index (χ2n) is 5.92. The molecule has 7 heteroatoms. The number of rotatable bonds is 4. The molecule has 0 fully saturated rings. The first kappa shape index (κ1) is 16.8. The molecule has 2 aromatic rings. The smallest absolute Gasteiger partial charge is 0.258 e. The predicted octanol–water partition coefficient (Wildman–Crippen LogP) is 0.448. The monoisotopic (exact) mass is 340 g/mol. The van der Waals surface area contributed by atoms with Crippen molar-refractivity contribution in [3.8, 4) is 0 Å². The minimum absolute atomic E-state index is 0.146. The summed E-state index contributed by atoms with van der Waals surface area (Å²) in [6.45, 7) is 0.826. The van der Waals surface area contributed by atoms with E-state index in [0.29, 0.717) is 0 Å². The van der Waals surface area contributed by atoms with Crippen molar-refractivity contribution in [2.45, 2.75) is 19.4 Å². The second-order valence-corrected chi connectivity index (χ2v) is 5.92. The number of nitrogens with one attached hydrogen (secondary N) is 2. The van der Waals surface area contributed by atoms with E-state index in [2.05, 4.69) is 16.9 Å². The minimum Gasteiger partial charge on any atom is -0.362 e. The number of hydrogen-bond acceptors (Lipinski definition) is 4. The van der Waals surface area contributed by atoms with Gasteiger partial charge in [0.15, 0.2) is 0 Å². The van der Waals surface area contributed by atoms with E-state index in [1.165, 1.54) is 22.4 Å². The van der Waals surface area contributed by atoms with E-state index in [-0.39, 0.29) is 24.6 Å². The zero-order valence-corrected chi connectivity index (χ0v) is 13.8. The topological polar surface area (TPSA) is 83.4 Å². The van der Waals surface area contributed by atoms with Gasteiger partial charge in [0.1, 0.15) is 6.54 Å². The molecule has 0 saturated heterocycles. The molecule has 1 aromatic heterocycles. The van der Waals surface area contributed by atoms with E-state index in [1.807, 2.05) is 23.1 Å². The molecular weight excluding hydrogens is 320 g/mol. The molecule has 25 heavy (non-hydrogen) atoms. The van der Waals surface area contributed by atoms with Crippen molar-refractivity contribution < 1.29 is 9.59 Å². The summed E-state index contributed by atoms with van der Waals surface area (Å²) in [5.41, 5.74) is 6.77. The Balaban J connectivity index is 1.51. The highest BCUT2D eigenvalue weighted by molar-refractivity contribution is 5.85. The predicted molar refractivity (Wildman–Crippen MR) is 94.0 cm³/mol. The molecule has 1 aliphatic rings. The summed E-state index contributed by atoms with van der Waals surface area (Å²) in [6, 6.07) is 12.7. The molecule has 7 nitrogen and oxygen atoms in total. The van der Waals surface area contributed by atoms with Gasteiger partial charge >= 0.3 is 0 Å². The van der Waals surface area contributed by atoms with Crippen LogP contribution in [0.25, 0.3) is 0 Å². The molecule has 0 spiro atoms. The SMILES string of the molecule is O=C(CN1CCCc2ccccc21)NNC(=O)Cn1ccccc1=O. The lowest BCUT2D eigenvalue weighted by Gasteiger charge is -2.30. The van der Waals surface area contributed by atoms with Crippen LogP contribution in [0.3, 0.4) is 0 Å². The summed E-state index contributed by atoms with van der Waals surface area (Å²) in [4.78, 5) is 37.5. The van der Waals surface area contributed by atoms with Crippen molar-refractivity contribution in [2.24, 2.45) is 0 Å². The molecule has 2 N–H and O–H groups in total. The van der Waals surface area contributed by atoms with Crippen molar-refractivity contribution in [2.75, 3.05) is 18.0 Å². The van der Waals surface area contributed by atoms with Gasteiger partial charge in [-0.1, -0.05) is 24.3 Å². The largest absolute Gasteiger partial charge is 0.362 e. The Morgan fingerprint density at radius 1 is 0.960 bits per heavy atom. The number of hydrazine groups is 1. The number of anilines is 1. The zero-order valence-electron chi connectivity index (χ0n) is 13.8. The summed E-state index contributed by atoms with van der Waals surface area (Å²) < 4.78 is 1.27. The number of hydrogen-bond donors (Lipinski definition) is 2. The molecule has 2 amide bonds. The van der Waals surface area contributed by atoms with Gasteiger partial charge in [-0.25, -0.2) is 0 Å². The van der Waals surface area contributed by atoms with Crippen molar-refractivity contribution in [1.82, 2.24) is 15.4 Å². The van der Waals surface area contributed by atoms with Crippen LogP contribution < -0.4 is 21.3 Å². The number of fused-ring (bicyclic) bond motifs is 1. The Morgan fingerprint density at radius 3 is 2.48 bits per heavy atom. The third kappa shape index (κ3) is 4.26. The molecular formula is C18H20N4O3. The summed E-state index contributed by atoms with van der Waals surface area (Å²) in [6.07, 6.45) is 3.53. The van der Waals surface area contributed by atoms with E-state index in [9.17, 15) is 14.4 Å². The van der Waals surface area contributed by atoms with Crippen LogP contribution in [-0.2, 0) is 22.6 Å². The lowest BCUT2D eigenvalue weighted by atomic mass is 10.0. The highest BCUT2D eigenvalue weighted by atomic mass is 16.2. The van der Waals surface area contributed by atoms with Gasteiger partial charge in [0.25, 0.3) is 17.4 Å². The standard InChI is InChI=1S/C18H20N4O3/c23-16(12-21-11-5-7-14-6-1-2-8-15(14)21)19-20-17(24)13-22-10-4-3-9-18(22)25/h1-4,6,8-10H,5,7,11-13H2,(H,19,23)(H,20,24). The van der Waals surface area contributed by atoms with E-state index in [1.54, 1.807) is 12.1 Å². The van der Waals surface area contributed by atoms with Gasteiger partial charge in [-0.15, -0.1) is 0 Å². The maximum Gasteiger partial charge on any atom is 0.258 e. The van der Waals surface area contributed by atoms with Crippen LogP contribution >= 0.6 is 0 Å². The van der Waals surface area contributed by atoms with Gasteiger partial charge in [0.2, 0.25) is 0 Å². The number of para-hydroxylation sites is 1. The van der Waals surface area contributed by atoms with Crippen molar-refractivity contribution in [1.29, 1.82) is 0 Å². The second kappa shape index (κ2) is 7.65. The van der Waals surface area contributed by atoms with Gasteiger partial charge < -0.3 is 9.47 Å². The fourth-order valence-electron chi connectivity index (χ4n) is 2.91. The van der Waals surface area contributed by atoms with Gasteiger partial charge in [0.05, 0.1) is 6.54 Å².